The predicted molar refractivity (Wildman–Crippen MR) is 65.8 cm³/mol. The molecule has 0 radical (unpaired) electrons. The lowest BCUT2D eigenvalue weighted by atomic mass is 10.2. The molecule has 0 spiro atoms. The Morgan fingerprint density at radius 2 is 1.94 bits per heavy atom. The first-order valence-corrected chi connectivity index (χ1v) is 5.40. The molecule has 7 N–H and O–H groups in total. The minimum absolute atomic E-state index is 0.296. The molecule has 1 aliphatic rings. The summed E-state index contributed by atoms with van der Waals surface area (Å²) in [6.07, 6.45) is 1.04. The van der Waals surface area contributed by atoms with Crippen LogP contribution in [0, 0.1) is 0 Å². The Bertz CT molecular complexity index is 380. The molecule has 5 nitrogen and oxygen atoms in total. The summed E-state index contributed by atoms with van der Waals surface area (Å²) >= 11 is 0. The van der Waals surface area contributed by atoms with Crippen molar-refractivity contribution >= 4 is 17.3 Å². The van der Waals surface area contributed by atoms with Gasteiger partial charge in [-0.15, -0.1) is 0 Å². The summed E-state index contributed by atoms with van der Waals surface area (Å²) in [6.45, 7) is 1.93. The van der Waals surface area contributed by atoms with Gasteiger partial charge in [-0.2, -0.15) is 0 Å². The minimum atomic E-state index is 0.296. The van der Waals surface area contributed by atoms with E-state index < -0.39 is 0 Å². The van der Waals surface area contributed by atoms with E-state index in [-0.39, 0.29) is 0 Å². The molecule has 1 saturated heterocycles. The Kier molecular flexibility index (Phi) is 2.85. The number of hydrogen-bond acceptors (Lipinski definition) is 2. The number of rotatable bonds is 2. The van der Waals surface area contributed by atoms with Crippen LogP contribution in [0.25, 0.3) is 0 Å². The van der Waals surface area contributed by atoms with Crippen molar-refractivity contribution in [2.45, 2.75) is 12.5 Å². The maximum Gasteiger partial charge on any atom is 0.339 e. The highest BCUT2D eigenvalue weighted by atomic mass is 15.2. The minimum Gasteiger partial charge on any atom is -0.399 e. The van der Waals surface area contributed by atoms with Gasteiger partial charge in [0, 0.05) is 24.3 Å². The third-order valence-corrected chi connectivity index (χ3v) is 2.82. The van der Waals surface area contributed by atoms with Crippen LogP contribution in [-0.4, -0.2) is 25.1 Å². The molecular formula is C11H18N5+. The average molecular weight is 220 g/mol. The maximum absolute atomic E-state index is 5.65. The highest BCUT2D eigenvalue weighted by molar-refractivity contribution is 5.69. The van der Waals surface area contributed by atoms with Crippen LogP contribution in [0.5, 0.6) is 0 Å². The summed E-state index contributed by atoms with van der Waals surface area (Å²) in [5, 5.41) is 0. The van der Waals surface area contributed by atoms with E-state index in [9.17, 15) is 0 Å². The van der Waals surface area contributed by atoms with Gasteiger partial charge in [-0.05, 0) is 24.3 Å². The summed E-state index contributed by atoms with van der Waals surface area (Å²) in [4.78, 5) is 5.35. The molecule has 1 aliphatic heterocycles. The van der Waals surface area contributed by atoms with Crippen LogP contribution in [0.2, 0.25) is 0 Å². The van der Waals surface area contributed by atoms with Crippen molar-refractivity contribution in [3.63, 3.8) is 0 Å². The summed E-state index contributed by atoms with van der Waals surface area (Å²) in [7, 11) is 0. The predicted octanol–water partition coefficient (Wildman–Crippen LogP) is -1.80. The standard InChI is InChI=1S/C11H17N5/c12-8-1-3-10(4-2-8)16-6-5-9(7-16)15-11(13)14/h1-4,9H,5-7,12H2,(H4,13,14,15)/p+1. The quantitative estimate of drug-likeness (QED) is 0.269. The molecule has 1 aromatic carbocycles. The van der Waals surface area contributed by atoms with Gasteiger partial charge in [0.05, 0.1) is 12.6 Å². The molecule has 1 atom stereocenters. The molecular weight excluding hydrogens is 202 g/mol. The van der Waals surface area contributed by atoms with Gasteiger partial charge < -0.3 is 10.6 Å². The highest BCUT2D eigenvalue weighted by Gasteiger charge is 2.23. The summed E-state index contributed by atoms with van der Waals surface area (Å²) < 4.78 is 0. The number of nitrogens with two attached hydrogens (primary N) is 3. The topological polar surface area (TPSA) is 95.3 Å². The van der Waals surface area contributed by atoms with E-state index >= 15 is 0 Å². The van der Waals surface area contributed by atoms with Gasteiger partial charge in [0.15, 0.2) is 0 Å². The van der Waals surface area contributed by atoms with E-state index in [2.05, 4.69) is 9.89 Å². The number of anilines is 2. The van der Waals surface area contributed by atoms with Gasteiger partial charge in [-0.3, -0.25) is 16.5 Å². The second kappa shape index (κ2) is 4.30. The summed E-state index contributed by atoms with van der Waals surface area (Å²) in [5.41, 5.74) is 18.5. The van der Waals surface area contributed by atoms with Crippen LogP contribution in [0.15, 0.2) is 24.3 Å². The van der Waals surface area contributed by atoms with Gasteiger partial charge in [0.1, 0.15) is 0 Å². The SMILES string of the molecule is NC(N)=[NH+]C1CCN(c2ccc(N)cc2)C1. The largest absolute Gasteiger partial charge is 0.399 e. The van der Waals surface area contributed by atoms with E-state index in [0.717, 1.165) is 25.2 Å². The van der Waals surface area contributed by atoms with Crippen molar-refractivity contribution in [1.82, 2.24) is 0 Å². The number of nitrogen functional groups attached to an aromatic ring is 1. The Morgan fingerprint density at radius 1 is 1.25 bits per heavy atom. The summed E-state index contributed by atoms with van der Waals surface area (Å²) in [6, 6.07) is 8.24. The van der Waals surface area contributed by atoms with Crippen molar-refractivity contribution in [1.29, 1.82) is 0 Å². The van der Waals surface area contributed by atoms with E-state index in [1.54, 1.807) is 0 Å². The van der Waals surface area contributed by atoms with Crippen LogP contribution in [0.1, 0.15) is 6.42 Å². The van der Waals surface area contributed by atoms with Gasteiger partial charge in [-0.1, -0.05) is 0 Å². The van der Waals surface area contributed by atoms with Gasteiger partial charge in [0.2, 0.25) is 0 Å². The highest BCUT2D eigenvalue weighted by Crippen LogP contribution is 2.20. The zero-order chi connectivity index (χ0) is 11.5. The van der Waals surface area contributed by atoms with Crippen LogP contribution >= 0.6 is 0 Å². The molecule has 0 aromatic heterocycles. The zero-order valence-corrected chi connectivity index (χ0v) is 9.19. The van der Waals surface area contributed by atoms with E-state index in [0.29, 0.717) is 12.0 Å². The first-order chi connectivity index (χ1) is 7.65. The third-order valence-electron chi connectivity index (χ3n) is 2.82. The number of benzene rings is 1. The Labute approximate surface area is 94.9 Å². The molecule has 0 aliphatic carbocycles. The van der Waals surface area contributed by atoms with E-state index in [1.807, 2.05) is 24.3 Å². The fourth-order valence-electron chi connectivity index (χ4n) is 2.03. The van der Waals surface area contributed by atoms with Crippen LogP contribution < -0.4 is 27.1 Å². The van der Waals surface area contributed by atoms with Crippen molar-refractivity contribution in [2.24, 2.45) is 11.5 Å². The van der Waals surface area contributed by atoms with Crippen molar-refractivity contribution < 1.29 is 4.99 Å². The second-order valence-corrected chi connectivity index (χ2v) is 4.12. The van der Waals surface area contributed by atoms with Crippen LogP contribution in [0.3, 0.4) is 0 Å². The molecule has 1 fully saturated rings. The first-order valence-electron chi connectivity index (χ1n) is 5.40. The fourth-order valence-corrected chi connectivity index (χ4v) is 2.03. The van der Waals surface area contributed by atoms with Crippen molar-refractivity contribution in [3.8, 4) is 0 Å². The van der Waals surface area contributed by atoms with Gasteiger partial charge >= 0.3 is 5.96 Å². The number of nitrogens with zero attached hydrogens (tertiary/aromatic N) is 1. The normalized spacial score (nSPS) is 19.8. The third kappa shape index (κ3) is 2.36. The molecule has 0 amide bonds. The summed E-state index contributed by atoms with van der Waals surface area (Å²) in [5.74, 6) is 0.296. The van der Waals surface area contributed by atoms with Crippen LogP contribution in [0.4, 0.5) is 11.4 Å². The molecule has 0 saturated carbocycles. The lowest BCUT2D eigenvalue weighted by Crippen LogP contribution is -2.84. The molecule has 16 heavy (non-hydrogen) atoms. The molecule has 5 heteroatoms. The number of nitrogens with one attached hydrogen (secondary N) is 1. The lowest BCUT2D eigenvalue weighted by molar-refractivity contribution is -0.498. The van der Waals surface area contributed by atoms with E-state index in [4.69, 9.17) is 17.2 Å². The fraction of sp³-hybridized carbons (Fsp3) is 0.364. The monoisotopic (exact) mass is 220 g/mol. The molecule has 1 heterocycles. The van der Waals surface area contributed by atoms with Crippen molar-refractivity contribution in [3.05, 3.63) is 24.3 Å². The smallest absolute Gasteiger partial charge is 0.339 e. The number of guanidine groups is 1. The Morgan fingerprint density at radius 3 is 2.56 bits per heavy atom. The average Bonchev–Trinajstić information content (AvgIpc) is 2.66. The molecule has 2 rings (SSSR count). The second-order valence-electron chi connectivity index (χ2n) is 4.12. The molecule has 1 unspecified atom stereocenters. The lowest BCUT2D eigenvalue weighted by Gasteiger charge is -2.17. The van der Waals surface area contributed by atoms with Gasteiger partial charge in [-0.25, -0.2) is 0 Å². The van der Waals surface area contributed by atoms with E-state index in [1.165, 1.54) is 5.69 Å². The maximum atomic E-state index is 5.65. The Hall–Kier alpha value is -1.91. The Balaban J connectivity index is 2.03. The number of hydrogen-bond donors (Lipinski definition) is 4. The molecule has 0 bridgehead atoms. The zero-order valence-electron chi connectivity index (χ0n) is 9.19. The van der Waals surface area contributed by atoms with Gasteiger partial charge in [0.25, 0.3) is 0 Å². The van der Waals surface area contributed by atoms with Crippen LogP contribution in [-0.2, 0) is 0 Å². The first kappa shape index (κ1) is 10.6. The molecule has 1 aromatic rings. The molecule has 86 valence electrons. The van der Waals surface area contributed by atoms with Crippen molar-refractivity contribution in [2.75, 3.05) is 23.7 Å².